The van der Waals surface area contributed by atoms with Crippen molar-refractivity contribution in [1.82, 2.24) is 5.32 Å². The predicted molar refractivity (Wildman–Crippen MR) is 43.7 cm³/mol. The highest BCUT2D eigenvalue weighted by molar-refractivity contribution is 5.32. The summed E-state index contributed by atoms with van der Waals surface area (Å²) in [6, 6.07) is 5.41. The van der Waals surface area contributed by atoms with Crippen LogP contribution in [0.5, 0.6) is 5.75 Å². The average Bonchev–Trinajstić information content (AvgIpc) is 2.86. The standard InChI is InChI=1S/C9H10FNO/c1-12-9-3-2-6(4-7(9)10)8-5-11-8/h2-4,8,11H,5H2,1H3. The van der Waals surface area contributed by atoms with Crippen molar-refractivity contribution in [3.63, 3.8) is 0 Å². The number of benzene rings is 1. The van der Waals surface area contributed by atoms with Crippen molar-refractivity contribution in [2.24, 2.45) is 0 Å². The minimum atomic E-state index is -0.288. The van der Waals surface area contributed by atoms with Crippen LogP contribution in [0.25, 0.3) is 0 Å². The molecule has 0 amide bonds. The Bertz CT molecular complexity index is 297. The number of ether oxygens (including phenoxy) is 1. The fraction of sp³-hybridized carbons (Fsp3) is 0.333. The second-order valence-corrected chi connectivity index (χ2v) is 2.85. The highest BCUT2D eigenvalue weighted by atomic mass is 19.1. The van der Waals surface area contributed by atoms with Crippen LogP contribution in [-0.4, -0.2) is 13.7 Å². The fourth-order valence-electron chi connectivity index (χ4n) is 1.19. The number of hydrogen-bond donors (Lipinski definition) is 1. The van der Waals surface area contributed by atoms with E-state index in [9.17, 15) is 4.39 Å². The molecule has 0 spiro atoms. The van der Waals surface area contributed by atoms with E-state index in [1.54, 1.807) is 6.07 Å². The van der Waals surface area contributed by atoms with Gasteiger partial charge < -0.3 is 10.1 Å². The van der Waals surface area contributed by atoms with Crippen molar-refractivity contribution < 1.29 is 9.13 Å². The molecule has 1 aromatic rings. The molecule has 3 heteroatoms. The van der Waals surface area contributed by atoms with Crippen molar-refractivity contribution >= 4 is 0 Å². The summed E-state index contributed by atoms with van der Waals surface area (Å²) in [5, 5.41) is 3.11. The van der Waals surface area contributed by atoms with Crippen molar-refractivity contribution in [1.29, 1.82) is 0 Å². The zero-order chi connectivity index (χ0) is 8.55. The second kappa shape index (κ2) is 2.75. The molecule has 0 aliphatic carbocycles. The Kier molecular flexibility index (Phi) is 1.73. The third kappa shape index (κ3) is 1.28. The molecule has 0 bridgehead atoms. The van der Waals surface area contributed by atoms with E-state index >= 15 is 0 Å². The maximum Gasteiger partial charge on any atom is 0.165 e. The molecule has 2 rings (SSSR count). The number of halogens is 1. The van der Waals surface area contributed by atoms with E-state index in [-0.39, 0.29) is 5.82 Å². The van der Waals surface area contributed by atoms with Gasteiger partial charge in [-0.3, -0.25) is 0 Å². The Labute approximate surface area is 70.3 Å². The summed E-state index contributed by atoms with van der Waals surface area (Å²) in [5.74, 6) is 0.0168. The molecule has 0 saturated carbocycles. The average molecular weight is 167 g/mol. The minimum Gasteiger partial charge on any atom is -0.494 e. The van der Waals surface area contributed by atoms with Gasteiger partial charge in [-0.25, -0.2) is 4.39 Å². The number of rotatable bonds is 2. The third-order valence-corrected chi connectivity index (χ3v) is 1.99. The zero-order valence-corrected chi connectivity index (χ0v) is 6.80. The van der Waals surface area contributed by atoms with Gasteiger partial charge in [0.05, 0.1) is 7.11 Å². The monoisotopic (exact) mass is 167 g/mol. The first-order valence-corrected chi connectivity index (χ1v) is 3.88. The van der Waals surface area contributed by atoms with E-state index in [0.29, 0.717) is 11.8 Å². The van der Waals surface area contributed by atoms with Gasteiger partial charge in [0.1, 0.15) is 0 Å². The number of hydrogen-bond acceptors (Lipinski definition) is 2. The Morgan fingerprint density at radius 1 is 1.58 bits per heavy atom. The SMILES string of the molecule is COc1ccc(C2CN2)cc1F. The van der Waals surface area contributed by atoms with Crippen LogP contribution >= 0.6 is 0 Å². The zero-order valence-electron chi connectivity index (χ0n) is 6.80. The van der Waals surface area contributed by atoms with Crippen LogP contribution in [0.15, 0.2) is 18.2 Å². The first-order chi connectivity index (χ1) is 5.81. The van der Waals surface area contributed by atoms with Crippen LogP contribution in [0.3, 0.4) is 0 Å². The Morgan fingerprint density at radius 3 is 2.83 bits per heavy atom. The van der Waals surface area contributed by atoms with Crippen LogP contribution < -0.4 is 10.1 Å². The summed E-state index contributed by atoms with van der Waals surface area (Å²) in [6.07, 6.45) is 0. The molecule has 1 unspecified atom stereocenters. The topological polar surface area (TPSA) is 31.2 Å². The molecule has 2 nitrogen and oxygen atoms in total. The molecule has 12 heavy (non-hydrogen) atoms. The lowest BCUT2D eigenvalue weighted by atomic mass is 10.1. The maximum atomic E-state index is 13.1. The van der Waals surface area contributed by atoms with Gasteiger partial charge in [-0.15, -0.1) is 0 Å². The molecule has 1 saturated heterocycles. The number of methoxy groups -OCH3 is 1. The van der Waals surface area contributed by atoms with Crippen LogP contribution in [0.1, 0.15) is 11.6 Å². The van der Waals surface area contributed by atoms with Crippen molar-refractivity contribution in [2.75, 3.05) is 13.7 Å². The van der Waals surface area contributed by atoms with Gasteiger partial charge in [-0.05, 0) is 17.7 Å². The van der Waals surface area contributed by atoms with Gasteiger partial charge >= 0.3 is 0 Å². The molecule has 1 N–H and O–H groups in total. The summed E-state index contributed by atoms with van der Waals surface area (Å²) in [4.78, 5) is 0. The Balaban J connectivity index is 2.30. The maximum absolute atomic E-state index is 13.1. The summed E-state index contributed by atoms with van der Waals surface area (Å²) in [7, 11) is 1.47. The normalized spacial score (nSPS) is 20.7. The smallest absolute Gasteiger partial charge is 0.165 e. The molecule has 0 radical (unpaired) electrons. The van der Waals surface area contributed by atoms with E-state index < -0.39 is 0 Å². The van der Waals surface area contributed by atoms with Gasteiger partial charge in [-0.1, -0.05) is 6.07 Å². The van der Waals surface area contributed by atoms with Crippen LogP contribution in [0, 0.1) is 5.82 Å². The lowest BCUT2D eigenvalue weighted by Crippen LogP contribution is -1.91. The molecule has 64 valence electrons. The molecule has 1 fully saturated rings. The summed E-state index contributed by atoms with van der Waals surface area (Å²) in [6.45, 7) is 0.950. The molecular formula is C9H10FNO. The largest absolute Gasteiger partial charge is 0.494 e. The van der Waals surface area contributed by atoms with Crippen LogP contribution in [0.2, 0.25) is 0 Å². The molecular weight excluding hydrogens is 157 g/mol. The van der Waals surface area contributed by atoms with Crippen LogP contribution in [0.4, 0.5) is 4.39 Å². The highest BCUT2D eigenvalue weighted by Crippen LogP contribution is 2.25. The second-order valence-electron chi connectivity index (χ2n) is 2.85. The molecule has 1 atom stereocenters. The quantitative estimate of drug-likeness (QED) is 0.676. The molecule has 1 aliphatic heterocycles. The molecule has 0 aromatic heterocycles. The van der Waals surface area contributed by atoms with Gasteiger partial charge in [0.2, 0.25) is 0 Å². The first kappa shape index (κ1) is 7.55. The van der Waals surface area contributed by atoms with Gasteiger partial charge in [0.25, 0.3) is 0 Å². The van der Waals surface area contributed by atoms with E-state index in [0.717, 1.165) is 12.1 Å². The Hall–Kier alpha value is -1.09. The van der Waals surface area contributed by atoms with Crippen molar-refractivity contribution in [2.45, 2.75) is 6.04 Å². The van der Waals surface area contributed by atoms with E-state index in [1.807, 2.05) is 6.07 Å². The van der Waals surface area contributed by atoms with E-state index in [4.69, 9.17) is 4.74 Å². The summed E-state index contributed by atoms with van der Waals surface area (Å²) >= 11 is 0. The third-order valence-electron chi connectivity index (χ3n) is 1.99. The first-order valence-electron chi connectivity index (χ1n) is 3.88. The lowest BCUT2D eigenvalue weighted by Gasteiger charge is -2.02. The molecule has 1 heterocycles. The van der Waals surface area contributed by atoms with Crippen LogP contribution in [-0.2, 0) is 0 Å². The van der Waals surface area contributed by atoms with Gasteiger partial charge in [0, 0.05) is 12.6 Å². The Morgan fingerprint density at radius 2 is 2.33 bits per heavy atom. The van der Waals surface area contributed by atoms with E-state index in [1.165, 1.54) is 13.2 Å². The fourth-order valence-corrected chi connectivity index (χ4v) is 1.19. The van der Waals surface area contributed by atoms with E-state index in [2.05, 4.69) is 5.32 Å². The summed E-state index contributed by atoms with van der Waals surface area (Å²) in [5.41, 5.74) is 0.994. The number of nitrogens with one attached hydrogen (secondary N) is 1. The minimum absolute atomic E-state index is 0.288. The summed E-state index contributed by atoms with van der Waals surface area (Å²) < 4.78 is 17.9. The van der Waals surface area contributed by atoms with Gasteiger partial charge in [-0.2, -0.15) is 0 Å². The molecule has 1 aliphatic rings. The highest BCUT2D eigenvalue weighted by Gasteiger charge is 2.22. The van der Waals surface area contributed by atoms with Crippen molar-refractivity contribution in [3.05, 3.63) is 29.6 Å². The molecule has 1 aromatic carbocycles. The van der Waals surface area contributed by atoms with Gasteiger partial charge in [0.15, 0.2) is 11.6 Å². The predicted octanol–water partition coefficient (Wildman–Crippen LogP) is 1.48. The lowest BCUT2D eigenvalue weighted by molar-refractivity contribution is 0.386. The van der Waals surface area contributed by atoms with Crippen molar-refractivity contribution in [3.8, 4) is 5.75 Å².